The zero-order valence-electron chi connectivity index (χ0n) is 24.8. The first-order valence-corrected chi connectivity index (χ1v) is 14.7. The normalized spacial score (nSPS) is 11.6. The van der Waals surface area contributed by atoms with E-state index in [0.29, 0.717) is 67.1 Å². The average molecular weight is 605 g/mol. The second-order valence-electron chi connectivity index (χ2n) is 10.5. The van der Waals surface area contributed by atoms with Gasteiger partial charge in [0.2, 0.25) is 5.91 Å². The summed E-state index contributed by atoms with van der Waals surface area (Å²) in [6.07, 6.45) is 3.23. The van der Waals surface area contributed by atoms with Crippen LogP contribution in [0.3, 0.4) is 0 Å². The molecule has 0 radical (unpaired) electrons. The van der Waals surface area contributed by atoms with Gasteiger partial charge in [0.05, 0.1) is 11.0 Å². The standard InChI is InChI=1S/C34H36N8O3/c35-31(43)30(13-7-18-40-34(36)37)42-29-15-14-25(33(44)39-19-16-26-11-4-5-17-38-26)21-28(29)41-32(42)24-10-6-12-27(20-24)45-22-23-8-2-1-3-9-23/h1-6,8-12,14-15,17,20-21,30H,7,13,16,18-19,22H2,(H2,35,43)(H,39,44)(H4,36,37,40). The Morgan fingerprint density at radius 2 is 1.76 bits per heavy atom. The Labute approximate surface area is 261 Å². The second kappa shape index (κ2) is 14.6. The van der Waals surface area contributed by atoms with Gasteiger partial charge in [0, 0.05) is 42.5 Å². The van der Waals surface area contributed by atoms with E-state index < -0.39 is 11.9 Å². The van der Waals surface area contributed by atoms with E-state index in [1.54, 1.807) is 24.4 Å². The number of benzene rings is 3. The van der Waals surface area contributed by atoms with Crippen LogP contribution in [0.1, 0.15) is 40.5 Å². The number of aliphatic imine (C=N–C) groups is 1. The summed E-state index contributed by atoms with van der Waals surface area (Å²) < 4.78 is 7.90. The van der Waals surface area contributed by atoms with Gasteiger partial charge in [-0.1, -0.05) is 48.5 Å². The van der Waals surface area contributed by atoms with Gasteiger partial charge in [-0.15, -0.1) is 0 Å². The van der Waals surface area contributed by atoms with Gasteiger partial charge in [-0.05, 0) is 60.9 Å². The van der Waals surface area contributed by atoms with Crippen molar-refractivity contribution in [2.24, 2.45) is 22.2 Å². The van der Waals surface area contributed by atoms with Crippen LogP contribution in [-0.4, -0.2) is 45.4 Å². The molecule has 2 aromatic heterocycles. The molecule has 11 heteroatoms. The number of pyridine rings is 1. The van der Waals surface area contributed by atoms with Gasteiger partial charge in [0.15, 0.2) is 5.96 Å². The van der Waals surface area contributed by atoms with Crippen molar-refractivity contribution in [2.75, 3.05) is 13.1 Å². The highest BCUT2D eigenvalue weighted by Crippen LogP contribution is 2.33. The summed E-state index contributed by atoms with van der Waals surface area (Å²) in [4.78, 5) is 39.2. The second-order valence-corrected chi connectivity index (χ2v) is 10.5. The predicted octanol–water partition coefficient (Wildman–Crippen LogP) is 3.73. The molecule has 0 fully saturated rings. The topological polar surface area (TPSA) is 177 Å². The van der Waals surface area contributed by atoms with Gasteiger partial charge >= 0.3 is 0 Å². The summed E-state index contributed by atoms with van der Waals surface area (Å²) in [5, 5.41) is 2.95. The minimum atomic E-state index is -0.744. The molecule has 3 aromatic carbocycles. The zero-order valence-corrected chi connectivity index (χ0v) is 24.8. The van der Waals surface area contributed by atoms with Crippen molar-refractivity contribution in [2.45, 2.75) is 31.9 Å². The first-order chi connectivity index (χ1) is 21.9. The fourth-order valence-electron chi connectivity index (χ4n) is 5.07. The molecule has 1 unspecified atom stereocenters. The summed E-state index contributed by atoms with van der Waals surface area (Å²) in [5.41, 5.74) is 21.3. The van der Waals surface area contributed by atoms with E-state index in [2.05, 4.69) is 15.3 Å². The lowest BCUT2D eigenvalue weighted by molar-refractivity contribution is -0.121. The smallest absolute Gasteiger partial charge is 0.251 e. The molecule has 5 aromatic rings. The van der Waals surface area contributed by atoms with Crippen LogP contribution in [0.15, 0.2) is 102 Å². The first-order valence-electron chi connectivity index (χ1n) is 14.7. The predicted molar refractivity (Wildman–Crippen MR) is 174 cm³/mol. The van der Waals surface area contributed by atoms with Crippen molar-refractivity contribution in [3.63, 3.8) is 0 Å². The summed E-state index contributed by atoms with van der Waals surface area (Å²) >= 11 is 0. The van der Waals surface area contributed by atoms with Gasteiger partial charge in [-0.25, -0.2) is 4.98 Å². The fraction of sp³-hybridized carbons (Fsp3) is 0.206. The van der Waals surface area contributed by atoms with Gasteiger partial charge in [-0.3, -0.25) is 19.6 Å². The van der Waals surface area contributed by atoms with Crippen molar-refractivity contribution < 1.29 is 14.3 Å². The van der Waals surface area contributed by atoms with Crippen molar-refractivity contribution >= 4 is 28.8 Å². The number of imidazole rings is 1. The molecule has 0 saturated carbocycles. The van der Waals surface area contributed by atoms with Crippen LogP contribution in [0.25, 0.3) is 22.4 Å². The number of ether oxygens (including phenoxy) is 1. The number of guanidine groups is 1. The van der Waals surface area contributed by atoms with Crippen LogP contribution in [0.2, 0.25) is 0 Å². The fourth-order valence-corrected chi connectivity index (χ4v) is 5.07. The SMILES string of the molecule is NC(=O)C(CCCN=C(N)N)n1c(-c2cccc(OCc3ccccc3)c2)nc2cc(C(=O)NCCc3ccccn3)ccc21. The van der Waals surface area contributed by atoms with Gasteiger partial charge in [0.25, 0.3) is 5.91 Å². The Bertz CT molecular complexity index is 1780. The Kier molecular flexibility index (Phi) is 10.0. The van der Waals surface area contributed by atoms with Crippen LogP contribution < -0.4 is 27.3 Å². The molecule has 0 bridgehead atoms. The zero-order chi connectivity index (χ0) is 31.6. The number of primary amides is 1. The van der Waals surface area contributed by atoms with Crippen molar-refractivity contribution in [3.05, 3.63) is 114 Å². The summed E-state index contributed by atoms with van der Waals surface area (Å²) in [5.74, 6) is 0.398. The lowest BCUT2D eigenvalue weighted by atomic mass is 10.1. The third-order valence-electron chi connectivity index (χ3n) is 7.26. The van der Waals surface area contributed by atoms with E-state index in [1.807, 2.05) is 77.4 Å². The molecule has 0 aliphatic carbocycles. The molecule has 2 heterocycles. The molecule has 2 amide bonds. The lowest BCUT2D eigenvalue weighted by Gasteiger charge is -2.19. The maximum absolute atomic E-state index is 13.1. The quantitative estimate of drug-likeness (QED) is 0.0848. The van der Waals surface area contributed by atoms with Crippen LogP contribution in [0.5, 0.6) is 5.75 Å². The average Bonchev–Trinajstić information content (AvgIpc) is 3.43. The third kappa shape index (κ3) is 8.02. The van der Waals surface area contributed by atoms with Gasteiger partial charge < -0.3 is 31.8 Å². The largest absolute Gasteiger partial charge is 0.489 e. The number of hydrogen-bond donors (Lipinski definition) is 4. The molecule has 7 N–H and O–H groups in total. The number of carbonyl (C=O) groups excluding carboxylic acids is 2. The van der Waals surface area contributed by atoms with Crippen molar-refractivity contribution in [3.8, 4) is 17.1 Å². The molecule has 5 rings (SSSR count). The number of carbonyl (C=O) groups is 2. The number of nitrogens with one attached hydrogen (secondary N) is 1. The minimum Gasteiger partial charge on any atom is -0.489 e. The number of hydrogen-bond acceptors (Lipinski definition) is 6. The van der Waals surface area contributed by atoms with Crippen LogP contribution in [-0.2, 0) is 17.8 Å². The molecule has 11 nitrogen and oxygen atoms in total. The van der Waals surface area contributed by atoms with E-state index in [-0.39, 0.29) is 11.9 Å². The maximum Gasteiger partial charge on any atom is 0.251 e. The van der Waals surface area contributed by atoms with E-state index >= 15 is 0 Å². The summed E-state index contributed by atoms with van der Waals surface area (Å²) in [6, 6.07) is 27.6. The molecule has 0 aliphatic heterocycles. The number of aromatic nitrogens is 3. The highest BCUT2D eigenvalue weighted by molar-refractivity contribution is 5.98. The molecule has 230 valence electrons. The minimum absolute atomic E-state index is 0.0162. The monoisotopic (exact) mass is 604 g/mol. The molecular weight excluding hydrogens is 568 g/mol. The van der Waals surface area contributed by atoms with Gasteiger partial charge in [-0.2, -0.15) is 0 Å². The Balaban J connectivity index is 1.46. The van der Waals surface area contributed by atoms with E-state index in [1.165, 1.54) is 0 Å². The van der Waals surface area contributed by atoms with E-state index in [9.17, 15) is 9.59 Å². The maximum atomic E-state index is 13.1. The van der Waals surface area contributed by atoms with Crippen molar-refractivity contribution in [1.29, 1.82) is 0 Å². The van der Waals surface area contributed by atoms with Crippen LogP contribution >= 0.6 is 0 Å². The van der Waals surface area contributed by atoms with Crippen LogP contribution in [0.4, 0.5) is 0 Å². The lowest BCUT2D eigenvalue weighted by Crippen LogP contribution is -2.28. The number of fused-ring (bicyclic) bond motifs is 1. The molecular formula is C34H36N8O3. The molecule has 45 heavy (non-hydrogen) atoms. The number of amides is 2. The van der Waals surface area contributed by atoms with E-state index in [0.717, 1.165) is 16.8 Å². The number of nitrogens with zero attached hydrogens (tertiary/aromatic N) is 4. The number of rotatable bonds is 14. The summed E-state index contributed by atoms with van der Waals surface area (Å²) in [7, 11) is 0. The first kappa shape index (κ1) is 30.7. The van der Waals surface area contributed by atoms with Crippen molar-refractivity contribution in [1.82, 2.24) is 19.9 Å². The molecule has 0 saturated heterocycles. The molecule has 0 aliphatic rings. The third-order valence-corrected chi connectivity index (χ3v) is 7.26. The van der Waals surface area contributed by atoms with Crippen LogP contribution in [0, 0.1) is 0 Å². The van der Waals surface area contributed by atoms with Gasteiger partial charge in [0.1, 0.15) is 24.2 Å². The Hall–Kier alpha value is -5.71. The Morgan fingerprint density at radius 3 is 2.51 bits per heavy atom. The summed E-state index contributed by atoms with van der Waals surface area (Å²) in [6.45, 7) is 1.18. The highest BCUT2D eigenvalue weighted by atomic mass is 16.5. The highest BCUT2D eigenvalue weighted by Gasteiger charge is 2.25. The van der Waals surface area contributed by atoms with E-state index in [4.69, 9.17) is 26.9 Å². The molecule has 1 atom stereocenters. The molecule has 0 spiro atoms. The number of nitrogens with two attached hydrogens (primary N) is 3. The Morgan fingerprint density at radius 1 is 0.933 bits per heavy atom.